The van der Waals surface area contributed by atoms with Gasteiger partial charge in [-0.3, -0.25) is 9.69 Å². The first-order valence-corrected chi connectivity index (χ1v) is 10.2. The van der Waals surface area contributed by atoms with Crippen LogP contribution in [0.2, 0.25) is 0 Å². The van der Waals surface area contributed by atoms with E-state index in [1.807, 2.05) is 30.9 Å². The Morgan fingerprint density at radius 2 is 2.10 bits per heavy atom. The normalized spacial score (nSPS) is 14.5. The number of rotatable bonds is 7. The molecule has 3 aromatic rings. The van der Waals surface area contributed by atoms with Crippen LogP contribution in [0.5, 0.6) is 0 Å². The van der Waals surface area contributed by atoms with Gasteiger partial charge >= 0.3 is 0 Å². The van der Waals surface area contributed by atoms with Gasteiger partial charge in [-0.1, -0.05) is 6.08 Å². The van der Waals surface area contributed by atoms with Crippen molar-refractivity contribution in [3.63, 3.8) is 0 Å². The molecule has 1 saturated heterocycles. The predicted octanol–water partition coefficient (Wildman–Crippen LogP) is 3.42. The molecule has 0 unspecified atom stereocenters. The Balaban J connectivity index is 1.41. The van der Waals surface area contributed by atoms with E-state index in [-0.39, 0.29) is 11.5 Å². The van der Waals surface area contributed by atoms with E-state index in [1.54, 1.807) is 12.1 Å². The van der Waals surface area contributed by atoms with Crippen molar-refractivity contribution in [1.29, 1.82) is 5.26 Å². The van der Waals surface area contributed by atoms with Gasteiger partial charge in [0.15, 0.2) is 11.5 Å². The number of anilines is 1. The van der Waals surface area contributed by atoms with Crippen molar-refractivity contribution in [2.75, 3.05) is 37.6 Å². The molecule has 0 amide bonds. The first-order chi connectivity index (χ1) is 15.0. The van der Waals surface area contributed by atoms with E-state index >= 15 is 0 Å². The number of hydrogen-bond donors (Lipinski definition) is 0. The van der Waals surface area contributed by atoms with Gasteiger partial charge < -0.3 is 18.3 Å². The van der Waals surface area contributed by atoms with Crippen molar-refractivity contribution in [2.45, 2.75) is 20.4 Å². The molecule has 31 heavy (non-hydrogen) atoms. The fourth-order valence-electron chi connectivity index (χ4n) is 4.00. The summed E-state index contributed by atoms with van der Waals surface area (Å²) in [6.07, 6.45) is 3.37. The third kappa shape index (κ3) is 4.05. The van der Waals surface area contributed by atoms with E-state index in [9.17, 15) is 10.1 Å². The van der Waals surface area contributed by atoms with Crippen molar-refractivity contribution in [3.05, 3.63) is 59.8 Å². The molecule has 8 heteroatoms. The van der Waals surface area contributed by atoms with Gasteiger partial charge in [-0.2, -0.15) is 10.2 Å². The van der Waals surface area contributed by atoms with Crippen LogP contribution in [-0.2, 0) is 6.54 Å². The van der Waals surface area contributed by atoms with E-state index in [1.165, 1.54) is 6.26 Å². The highest BCUT2D eigenvalue weighted by atomic mass is 16.4. The molecule has 0 saturated carbocycles. The second-order valence-corrected chi connectivity index (χ2v) is 7.63. The molecule has 8 nitrogen and oxygen atoms in total. The Hall–Kier alpha value is -3.57. The number of piperazine rings is 1. The lowest BCUT2D eigenvalue weighted by Gasteiger charge is -2.34. The Morgan fingerprint density at radius 3 is 2.74 bits per heavy atom. The summed E-state index contributed by atoms with van der Waals surface area (Å²) in [4.78, 5) is 21.3. The van der Waals surface area contributed by atoms with Crippen LogP contribution < -0.4 is 4.90 Å². The zero-order valence-electron chi connectivity index (χ0n) is 17.8. The van der Waals surface area contributed by atoms with Crippen molar-refractivity contribution < 1.29 is 13.6 Å². The molecule has 0 spiro atoms. The number of nitrogens with zero attached hydrogens (tertiary/aromatic N) is 5. The van der Waals surface area contributed by atoms with Crippen molar-refractivity contribution in [3.8, 4) is 17.7 Å². The van der Waals surface area contributed by atoms with Crippen molar-refractivity contribution >= 4 is 11.7 Å². The summed E-state index contributed by atoms with van der Waals surface area (Å²) < 4.78 is 13.3. The Kier molecular flexibility index (Phi) is 5.78. The first-order valence-electron chi connectivity index (χ1n) is 10.2. The predicted molar refractivity (Wildman–Crippen MR) is 116 cm³/mol. The maximum absolute atomic E-state index is 12.9. The van der Waals surface area contributed by atoms with Crippen LogP contribution >= 0.6 is 0 Å². The number of oxazole rings is 1. The number of nitriles is 1. The van der Waals surface area contributed by atoms with Crippen LogP contribution in [0.15, 0.2) is 46.0 Å². The first kappa shape index (κ1) is 20.7. The van der Waals surface area contributed by atoms with E-state index in [0.29, 0.717) is 56.8 Å². The summed E-state index contributed by atoms with van der Waals surface area (Å²) in [6.45, 7) is 11.5. The van der Waals surface area contributed by atoms with Crippen molar-refractivity contribution in [1.82, 2.24) is 14.5 Å². The lowest BCUT2D eigenvalue weighted by molar-refractivity contribution is 0.0925. The zero-order chi connectivity index (χ0) is 22.0. The van der Waals surface area contributed by atoms with Crippen LogP contribution in [0.25, 0.3) is 11.7 Å². The topological polar surface area (TPSA) is 91.4 Å². The molecule has 1 aliphatic heterocycles. The fraction of sp³-hybridized carbons (Fsp3) is 0.348. The summed E-state index contributed by atoms with van der Waals surface area (Å²) in [7, 11) is 0. The van der Waals surface area contributed by atoms with Crippen molar-refractivity contribution in [2.24, 2.45) is 0 Å². The lowest BCUT2D eigenvalue weighted by atomic mass is 10.1. The minimum Gasteiger partial charge on any atom is -0.459 e. The minimum absolute atomic E-state index is 0.120. The van der Waals surface area contributed by atoms with Gasteiger partial charge in [-0.05, 0) is 32.0 Å². The number of Topliss-reactive ketones (excluding diaryl/α,β-unsaturated/α-hetero) is 1. The van der Waals surface area contributed by atoms with Gasteiger partial charge in [0.2, 0.25) is 11.6 Å². The number of carbonyl (C=O) groups is 1. The molecule has 0 aliphatic carbocycles. The highest BCUT2D eigenvalue weighted by Crippen LogP contribution is 2.29. The average molecular weight is 419 g/mol. The molecule has 1 aliphatic rings. The molecular formula is C23H25N5O3. The van der Waals surface area contributed by atoms with Crippen LogP contribution in [-0.4, -0.2) is 53.0 Å². The van der Waals surface area contributed by atoms with Gasteiger partial charge in [0.1, 0.15) is 6.07 Å². The maximum atomic E-state index is 12.9. The molecule has 160 valence electrons. The average Bonchev–Trinajstić information content (AvgIpc) is 3.50. The summed E-state index contributed by atoms with van der Waals surface area (Å²) in [6, 6.07) is 7.55. The monoisotopic (exact) mass is 419 g/mol. The third-order valence-corrected chi connectivity index (χ3v) is 5.66. The van der Waals surface area contributed by atoms with Gasteiger partial charge in [0.25, 0.3) is 5.89 Å². The Bertz CT molecular complexity index is 1130. The molecule has 0 atom stereocenters. The molecule has 0 N–H and O–H groups in total. The second-order valence-electron chi connectivity index (χ2n) is 7.63. The van der Waals surface area contributed by atoms with Crippen LogP contribution in [0.3, 0.4) is 0 Å². The van der Waals surface area contributed by atoms with Crippen LogP contribution in [0.1, 0.15) is 27.4 Å². The minimum atomic E-state index is 0.120. The summed E-state index contributed by atoms with van der Waals surface area (Å²) in [5, 5.41) is 9.45. The van der Waals surface area contributed by atoms with Gasteiger partial charge in [0.05, 0.1) is 12.8 Å². The molecule has 0 aromatic carbocycles. The summed E-state index contributed by atoms with van der Waals surface area (Å²) in [5.74, 6) is 1.35. The molecule has 3 aromatic heterocycles. The number of ketones is 1. The largest absolute Gasteiger partial charge is 0.459 e. The second kappa shape index (κ2) is 8.66. The lowest BCUT2D eigenvalue weighted by Crippen LogP contribution is -2.48. The van der Waals surface area contributed by atoms with Gasteiger partial charge in [-0.25, -0.2) is 0 Å². The Morgan fingerprint density at radius 1 is 1.32 bits per heavy atom. The van der Waals surface area contributed by atoms with Crippen LogP contribution in [0, 0.1) is 25.2 Å². The molecule has 4 heterocycles. The highest BCUT2D eigenvalue weighted by molar-refractivity contribution is 5.99. The number of hydrogen-bond acceptors (Lipinski definition) is 7. The van der Waals surface area contributed by atoms with E-state index < -0.39 is 0 Å². The number of carbonyl (C=O) groups excluding carboxylic acids is 1. The fourth-order valence-corrected chi connectivity index (χ4v) is 4.00. The molecule has 0 bridgehead atoms. The smallest absolute Gasteiger partial charge is 0.266 e. The van der Waals surface area contributed by atoms with E-state index in [0.717, 1.165) is 17.0 Å². The maximum Gasteiger partial charge on any atom is 0.266 e. The molecule has 0 radical (unpaired) electrons. The zero-order valence-corrected chi connectivity index (χ0v) is 17.8. The van der Waals surface area contributed by atoms with E-state index in [4.69, 9.17) is 8.83 Å². The third-order valence-electron chi connectivity index (χ3n) is 5.66. The van der Waals surface area contributed by atoms with E-state index in [2.05, 4.69) is 27.1 Å². The molecular weight excluding hydrogens is 394 g/mol. The highest BCUT2D eigenvalue weighted by Gasteiger charge is 2.27. The van der Waals surface area contributed by atoms with Crippen LogP contribution in [0.4, 0.5) is 5.88 Å². The summed E-state index contributed by atoms with van der Waals surface area (Å²) >= 11 is 0. The standard InChI is InChI=1S/C23H25N5O3/c1-4-7-28-16(2)13-18(17(28)3)20(29)15-26-8-10-27(11-9-26)23-19(14-24)25-22(31-23)21-6-5-12-30-21/h4-6,12-13H,1,7-11,15H2,2-3H3. The quantitative estimate of drug-likeness (QED) is 0.428. The molecule has 4 rings (SSSR count). The van der Waals surface area contributed by atoms with Gasteiger partial charge in [-0.15, -0.1) is 6.58 Å². The SMILES string of the molecule is C=CCn1c(C)cc(C(=O)CN2CCN(c3oc(-c4ccco4)nc3C#N)CC2)c1C. The Labute approximate surface area is 181 Å². The van der Waals surface area contributed by atoms with Gasteiger partial charge in [0, 0.05) is 49.7 Å². The number of aryl methyl sites for hydroxylation is 1. The number of allylic oxidation sites excluding steroid dienone is 1. The number of furan rings is 1. The molecule has 1 fully saturated rings. The number of aromatic nitrogens is 2. The summed E-state index contributed by atoms with van der Waals surface area (Å²) in [5.41, 5.74) is 3.05.